The van der Waals surface area contributed by atoms with Gasteiger partial charge in [-0.25, -0.2) is 4.98 Å². The van der Waals surface area contributed by atoms with Gasteiger partial charge in [0.2, 0.25) is 5.95 Å². The van der Waals surface area contributed by atoms with Gasteiger partial charge < -0.3 is 36.4 Å². The molecule has 0 aliphatic carbocycles. The number of likely N-dealkylation sites (N-methyl/N-ethyl adjacent to an activating group) is 1. The Morgan fingerprint density at radius 3 is 2.43 bits per heavy atom. The molecule has 13 nitrogen and oxygen atoms in total. The number of nitrogens with zero attached hydrogens (tertiary/aromatic N) is 4. The molecule has 7 N–H and O–H groups in total. The number of hydrogen-bond acceptors (Lipinski definition) is 10. The van der Waals surface area contributed by atoms with Crippen LogP contribution in [0.1, 0.15) is 30.7 Å². The molecule has 1 aliphatic rings. The molecular weight excluding hydrogens is 493 g/mol. The second-order valence-corrected chi connectivity index (χ2v) is 8.47. The van der Waals surface area contributed by atoms with Gasteiger partial charge in [0.15, 0.2) is 23.8 Å². The Kier molecular flexibility index (Phi) is 9.81. The Balaban J connectivity index is 0.00000380. The summed E-state index contributed by atoms with van der Waals surface area (Å²) in [7, 11) is 0. The third-order valence-corrected chi connectivity index (χ3v) is 5.92. The summed E-state index contributed by atoms with van der Waals surface area (Å²) in [6.45, 7) is 2.59. The van der Waals surface area contributed by atoms with Crippen molar-refractivity contribution >= 4 is 34.8 Å². The molecule has 4 rings (SSSR count). The van der Waals surface area contributed by atoms with Crippen molar-refractivity contribution in [1.82, 2.24) is 24.8 Å². The van der Waals surface area contributed by atoms with Crippen molar-refractivity contribution in [3.8, 4) is 0 Å². The van der Waals surface area contributed by atoms with Crippen molar-refractivity contribution in [2.45, 2.75) is 50.7 Å². The molecule has 0 saturated carbocycles. The maximum Gasteiger partial charge on any atom is 1.00 e. The maximum absolute atomic E-state index is 12.2. The molecule has 192 valence electrons. The first-order valence-electron chi connectivity index (χ1n) is 11.6. The van der Waals surface area contributed by atoms with Crippen LogP contribution in [0, 0.1) is 0 Å². The molecule has 4 unspecified atom stereocenters. The quantitative estimate of drug-likeness (QED) is 0.147. The zero-order valence-corrected chi connectivity index (χ0v) is 22.7. The Bertz CT molecular complexity index is 1240. The molecule has 37 heavy (non-hydrogen) atoms. The number of benzene rings is 1. The summed E-state index contributed by atoms with van der Waals surface area (Å²) in [5.41, 5.74) is 8.65. The van der Waals surface area contributed by atoms with Crippen LogP contribution in [0.3, 0.4) is 0 Å². The van der Waals surface area contributed by atoms with E-state index < -0.39 is 36.4 Å². The summed E-state index contributed by atoms with van der Waals surface area (Å²) in [5.74, 6) is -0.985. The number of rotatable bonds is 10. The molecular formula is C23H29N7NaO6+. The Hall–Kier alpha value is -2.81. The number of ether oxygens (including phenoxy) is 1. The van der Waals surface area contributed by atoms with Gasteiger partial charge in [0.25, 0.3) is 5.91 Å². The summed E-state index contributed by atoms with van der Waals surface area (Å²) in [6, 6.07) is 7.71. The van der Waals surface area contributed by atoms with Crippen LogP contribution in [0.5, 0.6) is 0 Å². The summed E-state index contributed by atoms with van der Waals surface area (Å²) in [5, 5.41) is 35.4. The molecule has 1 saturated heterocycles. The van der Waals surface area contributed by atoms with Crippen LogP contribution >= 0.6 is 0 Å². The number of aliphatic hydroxyl groups excluding tert-OH is 2. The second-order valence-electron chi connectivity index (χ2n) is 8.47. The number of aryl methyl sites for hydroxylation is 1. The van der Waals surface area contributed by atoms with Gasteiger partial charge in [0.1, 0.15) is 17.7 Å². The van der Waals surface area contributed by atoms with E-state index in [-0.39, 0.29) is 53.4 Å². The Morgan fingerprint density at radius 1 is 1.11 bits per heavy atom. The third-order valence-electron chi connectivity index (χ3n) is 5.92. The minimum atomic E-state index is -1.42. The fraction of sp³-hybridized carbons (Fsp3) is 0.435. The van der Waals surface area contributed by atoms with Crippen LogP contribution in [-0.2, 0) is 27.2 Å². The van der Waals surface area contributed by atoms with Gasteiger partial charge in [0, 0.05) is 19.5 Å². The maximum atomic E-state index is 12.2. The molecule has 0 radical (unpaired) electrons. The molecule has 4 atom stereocenters. The zero-order valence-electron chi connectivity index (χ0n) is 20.7. The van der Waals surface area contributed by atoms with E-state index in [1.807, 2.05) is 24.3 Å². The van der Waals surface area contributed by atoms with Crippen LogP contribution < -0.4 is 45.9 Å². The van der Waals surface area contributed by atoms with Gasteiger partial charge in [-0.3, -0.25) is 14.2 Å². The van der Waals surface area contributed by atoms with Gasteiger partial charge >= 0.3 is 35.5 Å². The van der Waals surface area contributed by atoms with E-state index in [9.17, 15) is 19.8 Å². The van der Waals surface area contributed by atoms with Crippen LogP contribution in [0.4, 0.5) is 11.8 Å². The summed E-state index contributed by atoms with van der Waals surface area (Å²) < 4.78 is 7.09. The zero-order chi connectivity index (χ0) is 25.8. The third kappa shape index (κ3) is 6.55. The number of carbonyl (C=O) groups is 2. The van der Waals surface area contributed by atoms with Crippen LogP contribution in [-0.4, -0.2) is 78.1 Å². The van der Waals surface area contributed by atoms with E-state index in [4.69, 9.17) is 15.6 Å². The van der Waals surface area contributed by atoms with Crippen molar-refractivity contribution in [2.24, 2.45) is 0 Å². The Morgan fingerprint density at radius 2 is 1.78 bits per heavy atom. The van der Waals surface area contributed by atoms with E-state index in [1.165, 1.54) is 10.9 Å². The summed E-state index contributed by atoms with van der Waals surface area (Å²) >= 11 is 0. The number of nitrogens with one attached hydrogen (secondary N) is 2. The molecule has 3 aromatic rings. The molecule has 2 aromatic heterocycles. The average molecular weight is 523 g/mol. The fourth-order valence-corrected chi connectivity index (χ4v) is 4.03. The molecule has 1 fully saturated rings. The predicted molar refractivity (Wildman–Crippen MR) is 129 cm³/mol. The van der Waals surface area contributed by atoms with Gasteiger partial charge in [-0.15, -0.1) is 0 Å². The van der Waals surface area contributed by atoms with Gasteiger partial charge in [0.05, 0.1) is 6.33 Å². The average Bonchev–Trinajstić information content (AvgIpc) is 3.40. The van der Waals surface area contributed by atoms with E-state index >= 15 is 0 Å². The molecule has 14 heteroatoms. The number of aliphatic carboxylic acids is 1. The molecule has 1 amide bonds. The molecule has 0 bridgehead atoms. The first-order chi connectivity index (χ1) is 17.3. The standard InChI is InChI=1S/C23H29N7O6.Na/c1-2-25-21(35)18-16(33)17(34)22(36-18)30-11-27-15-19(24)28-23(29-20(15)30)26-10-9-13-5-3-12(4-6-13)7-8-14(31)32;/h3-6,11,16-18,22,33-34H,2,7-10H2,1H3,(H,25,35)(H,31,32)(H3,24,26,28,29);/q;+1. The number of aliphatic hydroxyl groups is 2. The van der Waals surface area contributed by atoms with Gasteiger partial charge in [-0.1, -0.05) is 24.3 Å². The fourth-order valence-electron chi connectivity index (χ4n) is 4.03. The van der Waals surface area contributed by atoms with Gasteiger partial charge in [-0.05, 0) is 30.9 Å². The van der Waals surface area contributed by atoms with E-state index in [1.54, 1.807) is 6.92 Å². The van der Waals surface area contributed by atoms with E-state index in [0.717, 1.165) is 11.1 Å². The number of carbonyl (C=O) groups excluding carboxylic acids is 1. The molecule has 0 spiro atoms. The second kappa shape index (κ2) is 12.6. The number of nitrogens with two attached hydrogens (primary N) is 1. The van der Waals surface area contributed by atoms with Gasteiger partial charge in [-0.2, -0.15) is 9.97 Å². The van der Waals surface area contributed by atoms with E-state index in [0.29, 0.717) is 31.4 Å². The molecule has 1 aliphatic heterocycles. The number of hydrogen-bond donors (Lipinski definition) is 6. The monoisotopic (exact) mass is 522 g/mol. The topological polar surface area (TPSA) is 198 Å². The number of nitrogen functional groups attached to an aromatic ring is 1. The number of aromatic nitrogens is 4. The normalized spacial score (nSPS) is 20.9. The number of imidazole rings is 1. The van der Waals surface area contributed by atoms with Crippen LogP contribution in [0.15, 0.2) is 30.6 Å². The molecule has 3 heterocycles. The number of carboxylic acids is 1. The smallest absolute Gasteiger partial charge is 0.481 e. The SMILES string of the molecule is CCNC(=O)C1OC(n2cnc3c(N)nc(NCCc4ccc(CCC(=O)O)cc4)nc32)C(O)C1O.[Na+]. The van der Waals surface area contributed by atoms with Crippen LogP contribution in [0.2, 0.25) is 0 Å². The minimum absolute atomic E-state index is 0. The first-order valence-corrected chi connectivity index (χ1v) is 11.6. The summed E-state index contributed by atoms with van der Waals surface area (Å²) in [4.78, 5) is 35.8. The number of amides is 1. The largest absolute Gasteiger partial charge is 1.00 e. The number of carboxylic acid groups (broad SMARTS) is 1. The van der Waals surface area contributed by atoms with Crippen molar-refractivity contribution < 1.29 is 59.2 Å². The van der Waals surface area contributed by atoms with E-state index in [2.05, 4.69) is 25.6 Å². The number of fused-ring (bicyclic) bond motifs is 1. The van der Waals surface area contributed by atoms with Crippen molar-refractivity contribution in [2.75, 3.05) is 24.1 Å². The number of anilines is 2. The Labute approximate surface area is 234 Å². The minimum Gasteiger partial charge on any atom is -0.481 e. The first kappa shape index (κ1) is 28.8. The summed E-state index contributed by atoms with van der Waals surface area (Å²) in [6.07, 6.45) is -2.56. The molecule has 1 aromatic carbocycles. The van der Waals surface area contributed by atoms with Crippen molar-refractivity contribution in [3.63, 3.8) is 0 Å². The van der Waals surface area contributed by atoms with Crippen molar-refractivity contribution in [1.29, 1.82) is 0 Å². The predicted octanol–water partition coefficient (Wildman–Crippen LogP) is -3.16. The van der Waals surface area contributed by atoms with Crippen LogP contribution in [0.25, 0.3) is 11.2 Å². The van der Waals surface area contributed by atoms with Crippen molar-refractivity contribution in [3.05, 3.63) is 41.7 Å².